The van der Waals surface area contributed by atoms with Crippen molar-refractivity contribution in [2.45, 2.75) is 19.4 Å². The van der Waals surface area contributed by atoms with E-state index in [0.717, 1.165) is 16.5 Å². The summed E-state index contributed by atoms with van der Waals surface area (Å²) in [5.41, 5.74) is 3.26. The number of carboxylic acid groups (broad SMARTS) is 1. The van der Waals surface area contributed by atoms with Crippen LogP contribution in [-0.2, 0) is 11.2 Å². The van der Waals surface area contributed by atoms with E-state index in [4.69, 9.17) is 0 Å². The van der Waals surface area contributed by atoms with Crippen molar-refractivity contribution >= 4 is 22.6 Å². The molecule has 0 radical (unpaired) electrons. The molecule has 0 aliphatic rings. The lowest BCUT2D eigenvalue weighted by Gasteiger charge is -2.09. The highest BCUT2D eigenvalue weighted by atomic mass is 16.4. The molecule has 1 aromatic carbocycles. The number of para-hydroxylation sites is 1. The Morgan fingerprint density at radius 2 is 2.04 bits per heavy atom. The van der Waals surface area contributed by atoms with E-state index in [2.05, 4.69) is 15.0 Å². The molecular formula is C18H17N3O2. The minimum Gasteiger partial charge on any atom is -0.480 e. The van der Waals surface area contributed by atoms with Gasteiger partial charge in [-0.1, -0.05) is 24.3 Å². The molecule has 3 aromatic rings. The Hall–Kier alpha value is -2.95. The number of nitrogens with one attached hydrogen (secondary N) is 1. The maximum atomic E-state index is 11.6. The van der Waals surface area contributed by atoms with Gasteiger partial charge >= 0.3 is 5.97 Å². The largest absolute Gasteiger partial charge is 0.480 e. The number of carboxylic acids is 1. The van der Waals surface area contributed by atoms with E-state index in [-0.39, 0.29) is 0 Å². The van der Waals surface area contributed by atoms with Gasteiger partial charge in [0, 0.05) is 29.7 Å². The van der Waals surface area contributed by atoms with Gasteiger partial charge in [0.05, 0.1) is 11.4 Å². The van der Waals surface area contributed by atoms with Crippen LogP contribution in [0, 0.1) is 0 Å². The number of carbonyl (C=O) groups is 1. The van der Waals surface area contributed by atoms with Crippen LogP contribution in [0.2, 0.25) is 0 Å². The van der Waals surface area contributed by atoms with Crippen LogP contribution in [-0.4, -0.2) is 32.8 Å². The highest BCUT2D eigenvalue weighted by Gasteiger charge is 2.19. The van der Waals surface area contributed by atoms with Crippen molar-refractivity contribution in [3.05, 3.63) is 66.1 Å². The molecule has 0 bridgehead atoms. The van der Waals surface area contributed by atoms with Crippen LogP contribution in [0.5, 0.6) is 0 Å². The minimum atomic E-state index is -0.939. The van der Waals surface area contributed by atoms with Crippen molar-refractivity contribution in [2.75, 3.05) is 0 Å². The van der Waals surface area contributed by atoms with Crippen LogP contribution in [0.3, 0.4) is 0 Å². The number of pyridine rings is 1. The molecule has 116 valence electrons. The second kappa shape index (κ2) is 6.44. The van der Waals surface area contributed by atoms with Crippen molar-refractivity contribution in [2.24, 2.45) is 4.99 Å². The van der Waals surface area contributed by atoms with E-state index < -0.39 is 12.0 Å². The monoisotopic (exact) mass is 307 g/mol. The van der Waals surface area contributed by atoms with Crippen LogP contribution in [0.1, 0.15) is 18.2 Å². The van der Waals surface area contributed by atoms with E-state index in [9.17, 15) is 9.90 Å². The molecule has 23 heavy (non-hydrogen) atoms. The Morgan fingerprint density at radius 3 is 2.78 bits per heavy atom. The molecule has 0 aliphatic carbocycles. The third-order valence-electron chi connectivity index (χ3n) is 3.76. The fourth-order valence-corrected chi connectivity index (χ4v) is 2.57. The number of aromatic amines is 1. The zero-order valence-corrected chi connectivity index (χ0v) is 12.7. The molecule has 5 heteroatoms. The summed E-state index contributed by atoms with van der Waals surface area (Å²) in [5, 5.41) is 10.5. The van der Waals surface area contributed by atoms with Crippen molar-refractivity contribution in [1.29, 1.82) is 0 Å². The van der Waals surface area contributed by atoms with Crippen molar-refractivity contribution in [3.8, 4) is 0 Å². The highest BCUT2D eigenvalue weighted by molar-refractivity contribution is 5.98. The van der Waals surface area contributed by atoms with Gasteiger partial charge in [-0.05, 0) is 30.7 Å². The summed E-state index contributed by atoms with van der Waals surface area (Å²) in [6.07, 6.45) is 3.86. The smallest absolute Gasteiger partial charge is 0.328 e. The van der Waals surface area contributed by atoms with Gasteiger partial charge in [0.25, 0.3) is 0 Å². The lowest BCUT2D eigenvalue weighted by molar-refractivity contribution is -0.138. The third kappa shape index (κ3) is 3.29. The third-order valence-corrected chi connectivity index (χ3v) is 3.76. The van der Waals surface area contributed by atoms with Gasteiger partial charge in [0.1, 0.15) is 0 Å². The Labute approximate surface area is 133 Å². The molecule has 3 rings (SSSR count). The molecule has 0 spiro atoms. The van der Waals surface area contributed by atoms with Crippen LogP contribution in [0.25, 0.3) is 10.9 Å². The molecule has 0 saturated heterocycles. The van der Waals surface area contributed by atoms with Crippen LogP contribution < -0.4 is 0 Å². The van der Waals surface area contributed by atoms with Crippen LogP contribution in [0.4, 0.5) is 0 Å². The van der Waals surface area contributed by atoms with Gasteiger partial charge in [-0.25, -0.2) is 4.79 Å². The predicted octanol–water partition coefficient (Wildman–Crippen LogP) is 3.07. The number of nitrogens with zero attached hydrogens (tertiary/aromatic N) is 2. The SMILES string of the molecule is CC(=N[C@@H](Cc1c[nH]c2ccccc12)C(=O)O)c1ccccn1. The minimum absolute atomic E-state index is 0.337. The lowest BCUT2D eigenvalue weighted by atomic mass is 10.1. The number of rotatable bonds is 5. The first-order valence-corrected chi connectivity index (χ1v) is 7.39. The van der Waals surface area contributed by atoms with Crippen molar-refractivity contribution < 1.29 is 9.90 Å². The molecule has 0 aliphatic heterocycles. The molecule has 0 unspecified atom stereocenters. The zero-order chi connectivity index (χ0) is 16.2. The van der Waals surface area contributed by atoms with Gasteiger partial charge in [-0.2, -0.15) is 0 Å². The number of fused-ring (bicyclic) bond motifs is 1. The van der Waals surface area contributed by atoms with Crippen LogP contribution in [0.15, 0.2) is 59.9 Å². The Kier molecular flexibility index (Phi) is 4.19. The second-order valence-electron chi connectivity index (χ2n) is 5.35. The fraction of sp³-hybridized carbons (Fsp3) is 0.167. The van der Waals surface area contributed by atoms with Gasteiger partial charge < -0.3 is 10.1 Å². The van der Waals surface area contributed by atoms with Crippen molar-refractivity contribution in [3.63, 3.8) is 0 Å². The number of aliphatic carboxylic acids is 1. The topological polar surface area (TPSA) is 78.3 Å². The normalized spacial score (nSPS) is 13.2. The molecule has 0 saturated carbocycles. The van der Waals surface area contributed by atoms with E-state index in [1.54, 1.807) is 13.1 Å². The summed E-state index contributed by atoms with van der Waals surface area (Å²) in [7, 11) is 0. The van der Waals surface area contributed by atoms with E-state index in [0.29, 0.717) is 17.8 Å². The average Bonchev–Trinajstić information content (AvgIpc) is 2.98. The van der Waals surface area contributed by atoms with Crippen molar-refractivity contribution in [1.82, 2.24) is 9.97 Å². The van der Waals surface area contributed by atoms with E-state index >= 15 is 0 Å². The molecule has 1 atom stereocenters. The van der Waals surface area contributed by atoms with Gasteiger partial charge in [0.15, 0.2) is 6.04 Å². The molecular weight excluding hydrogens is 290 g/mol. The summed E-state index contributed by atoms with van der Waals surface area (Å²) in [4.78, 5) is 23.3. The number of aliphatic imine (C=N–C) groups is 1. The number of H-pyrrole nitrogens is 1. The maximum Gasteiger partial charge on any atom is 0.328 e. The summed E-state index contributed by atoms with van der Waals surface area (Å²) >= 11 is 0. The zero-order valence-electron chi connectivity index (χ0n) is 12.7. The quantitative estimate of drug-likeness (QED) is 0.711. The van der Waals surface area contributed by atoms with Gasteiger partial charge in [-0.3, -0.25) is 9.98 Å². The Morgan fingerprint density at radius 1 is 1.26 bits per heavy atom. The number of hydrogen-bond acceptors (Lipinski definition) is 3. The standard InChI is InChI=1S/C18H17N3O2/c1-12(15-7-4-5-9-19-15)21-17(18(22)23)10-13-11-20-16-8-3-2-6-14(13)16/h2-9,11,17,20H,10H2,1H3,(H,22,23)/t17-/m0/s1. The summed E-state index contributed by atoms with van der Waals surface area (Å²) in [6.45, 7) is 1.79. The molecule has 0 amide bonds. The molecule has 2 N–H and O–H groups in total. The van der Waals surface area contributed by atoms with Crippen LogP contribution >= 0.6 is 0 Å². The molecule has 0 fully saturated rings. The summed E-state index contributed by atoms with van der Waals surface area (Å²) < 4.78 is 0. The molecule has 2 aromatic heterocycles. The highest BCUT2D eigenvalue weighted by Crippen LogP contribution is 2.20. The Balaban J connectivity index is 1.89. The number of aromatic nitrogens is 2. The van der Waals surface area contributed by atoms with E-state index in [1.165, 1.54) is 0 Å². The average molecular weight is 307 g/mol. The fourth-order valence-electron chi connectivity index (χ4n) is 2.57. The first kappa shape index (κ1) is 15.0. The van der Waals surface area contributed by atoms with E-state index in [1.807, 2.05) is 48.7 Å². The molecule has 5 nitrogen and oxygen atoms in total. The lowest BCUT2D eigenvalue weighted by Crippen LogP contribution is -2.22. The number of hydrogen-bond donors (Lipinski definition) is 2. The second-order valence-corrected chi connectivity index (χ2v) is 5.35. The molecule has 2 heterocycles. The Bertz CT molecular complexity index is 853. The maximum absolute atomic E-state index is 11.6. The van der Waals surface area contributed by atoms with Gasteiger partial charge in [0.2, 0.25) is 0 Å². The summed E-state index contributed by atoms with van der Waals surface area (Å²) in [6, 6.07) is 12.5. The first-order valence-electron chi connectivity index (χ1n) is 7.39. The predicted molar refractivity (Wildman–Crippen MR) is 89.9 cm³/mol. The van der Waals surface area contributed by atoms with Gasteiger partial charge in [-0.15, -0.1) is 0 Å². The first-order chi connectivity index (χ1) is 11.1. The number of benzene rings is 1. The summed E-state index contributed by atoms with van der Waals surface area (Å²) in [5.74, 6) is -0.939.